The lowest BCUT2D eigenvalue weighted by atomic mass is 10.0. The molecule has 0 unspecified atom stereocenters. The van der Waals surface area contributed by atoms with Crippen molar-refractivity contribution in [2.24, 2.45) is 0 Å². The smallest absolute Gasteiger partial charge is 0.370 e. The van der Waals surface area contributed by atoms with E-state index in [4.69, 9.17) is 0 Å². The van der Waals surface area contributed by atoms with Gasteiger partial charge in [0.1, 0.15) is 5.69 Å². The van der Waals surface area contributed by atoms with Crippen LogP contribution in [0, 0.1) is 0 Å². The molecule has 0 saturated carbocycles. The lowest BCUT2D eigenvalue weighted by Crippen LogP contribution is -2.07. The van der Waals surface area contributed by atoms with Crippen molar-refractivity contribution in [3.05, 3.63) is 41.7 Å². The van der Waals surface area contributed by atoms with E-state index < -0.39 is 17.8 Å². The maximum absolute atomic E-state index is 12.9. The predicted molar refractivity (Wildman–Crippen MR) is 63.1 cm³/mol. The summed E-state index contributed by atoms with van der Waals surface area (Å²) >= 11 is 0. The maximum Gasteiger partial charge on any atom is 0.370 e. The Labute approximate surface area is 108 Å². The van der Waals surface area contributed by atoms with Crippen LogP contribution in [0.15, 0.2) is 34.9 Å². The topological polar surface area (TPSA) is 69.4 Å². The molecule has 0 aliphatic heterocycles. The third-order valence-corrected chi connectivity index (χ3v) is 2.56. The molecular formula is C13H10FNO4. The van der Waals surface area contributed by atoms with Gasteiger partial charge in [0.25, 0.3) is 0 Å². The molecule has 1 aromatic carbocycles. The second kappa shape index (κ2) is 5.43. The van der Waals surface area contributed by atoms with Crippen molar-refractivity contribution < 1.29 is 23.2 Å². The lowest BCUT2D eigenvalue weighted by molar-refractivity contribution is -0.139. The van der Waals surface area contributed by atoms with Gasteiger partial charge in [-0.05, 0) is 0 Å². The van der Waals surface area contributed by atoms with Gasteiger partial charge in [0, 0.05) is 11.1 Å². The third kappa shape index (κ3) is 2.67. The van der Waals surface area contributed by atoms with Crippen LogP contribution in [0.4, 0.5) is 4.39 Å². The monoisotopic (exact) mass is 263 g/mol. The largest absolute Gasteiger partial charge is 0.469 e. The summed E-state index contributed by atoms with van der Waals surface area (Å²) in [6.45, 7) is 0. The number of rotatable bonds is 4. The van der Waals surface area contributed by atoms with Crippen molar-refractivity contribution in [3.63, 3.8) is 0 Å². The highest BCUT2D eigenvalue weighted by atomic mass is 19.1. The zero-order chi connectivity index (χ0) is 13.8. The van der Waals surface area contributed by atoms with E-state index in [2.05, 4.69) is 14.4 Å². The van der Waals surface area contributed by atoms with Crippen molar-refractivity contribution in [1.29, 1.82) is 0 Å². The van der Waals surface area contributed by atoms with Crippen LogP contribution in [0.3, 0.4) is 0 Å². The van der Waals surface area contributed by atoms with Gasteiger partial charge in [-0.1, -0.05) is 35.5 Å². The SMILES string of the molecule is COC(=O)Cc1c(-c2ccccc2)noc1C(=O)F. The number of esters is 1. The van der Waals surface area contributed by atoms with Crippen molar-refractivity contribution in [2.45, 2.75) is 6.42 Å². The number of halogens is 1. The highest BCUT2D eigenvalue weighted by Crippen LogP contribution is 2.26. The summed E-state index contributed by atoms with van der Waals surface area (Å²) in [5.41, 5.74) is 0.968. The molecule has 0 aliphatic carbocycles. The maximum atomic E-state index is 12.9. The van der Waals surface area contributed by atoms with Gasteiger partial charge in [0.05, 0.1) is 13.5 Å². The molecule has 19 heavy (non-hydrogen) atoms. The molecule has 0 bridgehead atoms. The molecule has 1 heterocycles. The first-order chi connectivity index (χ1) is 9.13. The number of hydrogen-bond acceptors (Lipinski definition) is 5. The number of carbonyl (C=O) groups excluding carboxylic acids is 2. The highest BCUT2D eigenvalue weighted by Gasteiger charge is 2.25. The first-order valence-corrected chi connectivity index (χ1v) is 5.44. The normalized spacial score (nSPS) is 10.2. The van der Waals surface area contributed by atoms with Crippen molar-refractivity contribution >= 4 is 12.0 Å². The molecule has 2 rings (SSSR count). The third-order valence-electron chi connectivity index (χ3n) is 2.56. The number of methoxy groups -OCH3 is 1. The van der Waals surface area contributed by atoms with Crippen LogP contribution in [0.25, 0.3) is 11.3 Å². The number of carbonyl (C=O) groups is 2. The van der Waals surface area contributed by atoms with E-state index in [0.29, 0.717) is 5.56 Å². The number of hydrogen-bond donors (Lipinski definition) is 0. The molecule has 0 saturated heterocycles. The quantitative estimate of drug-likeness (QED) is 0.624. The van der Waals surface area contributed by atoms with Crippen LogP contribution in [0.2, 0.25) is 0 Å². The molecule has 6 heteroatoms. The first-order valence-electron chi connectivity index (χ1n) is 5.44. The van der Waals surface area contributed by atoms with Gasteiger partial charge < -0.3 is 9.26 Å². The van der Waals surface area contributed by atoms with Gasteiger partial charge in [-0.3, -0.25) is 9.59 Å². The summed E-state index contributed by atoms with van der Waals surface area (Å²) in [6.07, 6.45) is -0.283. The Morgan fingerprint density at radius 3 is 2.58 bits per heavy atom. The van der Waals surface area contributed by atoms with E-state index >= 15 is 0 Å². The molecule has 5 nitrogen and oxygen atoms in total. The summed E-state index contributed by atoms with van der Waals surface area (Å²) in [5, 5.41) is 3.65. The fourth-order valence-electron chi connectivity index (χ4n) is 1.67. The van der Waals surface area contributed by atoms with Crippen LogP contribution in [-0.2, 0) is 16.0 Å². The van der Waals surface area contributed by atoms with Crippen LogP contribution >= 0.6 is 0 Å². The molecule has 1 aromatic heterocycles. The van der Waals surface area contributed by atoms with Crippen LogP contribution in [-0.4, -0.2) is 24.3 Å². The molecular weight excluding hydrogens is 253 g/mol. The molecule has 0 amide bonds. The second-order valence-electron chi connectivity index (χ2n) is 3.73. The molecule has 0 fully saturated rings. The summed E-state index contributed by atoms with van der Waals surface area (Å²) in [5.74, 6) is -1.17. The summed E-state index contributed by atoms with van der Waals surface area (Å²) in [4.78, 5) is 22.1. The minimum Gasteiger partial charge on any atom is -0.469 e. The van der Waals surface area contributed by atoms with Crippen LogP contribution in [0.5, 0.6) is 0 Å². The Kier molecular flexibility index (Phi) is 3.70. The molecule has 0 aliphatic rings. The van der Waals surface area contributed by atoms with Gasteiger partial charge >= 0.3 is 12.0 Å². The van der Waals surface area contributed by atoms with Crippen LogP contribution < -0.4 is 0 Å². The van der Waals surface area contributed by atoms with Gasteiger partial charge in [-0.25, -0.2) is 0 Å². The fraction of sp³-hybridized carbons (Fsp3) is 0.154. The molecule has 0 radical (unpaired) electrons. The van der Waals surface area contributed by atoms with Crippen LogP contribution in [0.1, 0.15) is 16.1 Å². The standard InChI is InChI=1S/C13H10FNO4/c1-18-10(16)7-9-11(8-5-3-2-4-6-8)15-19-12(9)13(14)17/h2-6H,7H2,1H3. The summed E-state index contributed by atoms with van der Waals surface area (Å²) < 4.78 is 22.0. The summed E-state index contributed by atoms with van der Waals surface area (Å²) in [7, 11) is 1.20. The Morgan fingerprint density at radius 2 is 2.00 bits per heavy atom. The number of benzene rings is 1. The Morgan fingerprint density at radius 1 is 1.32 bits per heavy atom. The lowest BCUT2D eigenvalue weighted by Gasteiger charge is -2.01. The predicted octanol–water partition coefficient (Wildman–Crippen LogP) is 2.17. The second-order valence-corrected chi connectivity index (χ2v) is 3.73. The summed E-state index contributed by atoms with van der Waals surface area (Å²) in [6, 6.07) is 6.96. The van der Waals surface area contributed by atoms with Gasteiger partial charge in [-0.2, -0.15) is 4.39 Å². The first kappa shape index (κ1) is 12.9. The van der Waals surface area contributed by atoms with E-state index in [1.807, 2.05) is 0 Å². The Hall–Kier alpha value is -2.50. The molecule has 0 N–H and O–H groups in total. The average molecular weight is 263 g/mol. The van der Waals surface area contributed by atoms with Gasteiger partial charge in [-0.15, -0.1) is 0 Å². The van der Waals surface area contributed by atoms with E-state index in [-0.39, 0.29) is 17.7 Å². The van der Waals surface area contributed by atoms with E-state index in [9.17, 15) is 14.0 Å². The van der Waals surface area contributed by atoms with E-state index in [0.717, 1.165) is 0 Å². The number of ether oxygens (including phenoxy) is 1. The zero-order valence-corrected chi connectivity index (χ0v) is 10.1. The highest BCUT2D eigenvalue weighted by molar-refractivity contribution is 5.91. The Bertz CT molecular complexity index is 606. The molecule has 2 aromatic rings. The fourth-order valence-corrected chi connectivity index (χ4v) is 1.67. The van der Waals surface area contributed by atoms with E-state index in [1.165, 1.54) is 7.11 Å². The Balaban J connectivity index is 2.50. The molecule has 0 spiro atoms. The van der Waals surface area contributed by atoms with Gasteiger partial charge in [0.2, 0.25) is 5.76 Å². The minimum atomic E-state index is -1.77. The van der Waals surface area contributed by atoms with Crippen molar-refractivity contribution in [2.75, 3.05) is 7.11 Å². The minimum absolute atomic E-state index is 0.0885. The van der Waals surface area contributed by atoms with Crippen molar-refractivity contribution in [1.82, 2.24) is 5.16 Å². The molecule has 98 valence electrons. The van der Waals surface area contributed by atoms with E-state index in [1.54, 1.807) is 30.3 Å². The zero-order valence-electron chi connectivity index (χ0n) is 10.1. The average Bonchev–Trinajstić information content (AvgIpc) is 2.83. The number of aromatic nitrogens is 1. The van der Waals surface area contributed by atoms with Gasteiger partial charge in [0.15, 0.2) is 0 Å². The van der Waals surface area contributed by atoms with Crippen molar-refractivity contribution in [3.8, 4) is 11.3 Å². The number of nitrogens with zero attached hydrogens (tertiary/aromatic N) is 1. The molecule has 0 atom stereocenters.